The standard InChI is InChI=1S/C9H12O4/c10-6-7-5-9(2-1-8(7)11)12-3-4-13-9/h1-2,5,8,10-11H,3-4,6H2. The maximum absolute atomic E-state index is 9.39. The van der Waals surface area contributed by atoms with Crippen molar-refractivity contribution in [2.45, 2.75) is 11.9 Å². The first kappa shape index (κ1) is 8.90. The summed E-state index contributed by atoms with van der Waals surface area (Å²) < 4.78 is 10.7. The average Bonchev–Trinajstić information content (AvgIpc) is 2.59. The summed E-state index contributed by atoms with van der Waals surface area (Å²) in [5.41, 5.74) is 0.518. The minimum absolute atomic E-state index is 0.181. The molecule has 0 radical (unpaired) electrons. The Labute approximate surface area is 76.1 Å². The molecule has 1 fully saturated rings. The Morgan fingerprint density at radius 1 is 1.46 bits per heavy atom. The fourth-order valence-electron chi connectivity index (χ4n) is 1.50. The van der Waals surface area contributed by atoms with Crippen molar-refractivity contribution in [2.24, 2.45) is 0 Å². The molecule has 1 saturated heterocycles. The van der Waals surface area contributed by atoms with E-state index in [2.05, 4.69) is 0 Å². The number of rotatable bonds is 1. The van der Waals surface area contributed by atoms with Crippen LogP contribution in [-0.2, 0) is 9.47 Å². The molecule has 72 valence electrons. The van der Waals surface area contributed by atoms with Crippen molar-refractivity contribution >= 4 is 0 Å². The lowest BCUT2D eigenvalue weighted by atomic mass is 10.00. The minimum atomic E-state index is -0.836. The van der Waals surface area contributed by atoms with Gasteiger partial charge < -0.3 is 19.7 Å². The average molecular weight is 184 g/mol. The van der Waals surface area contributed by atoms with Crippen LogP contribution in [0, 0.1) is 0 Å². The summed E-state index contributed by atoms with van der Waals surface area (Å²) in [4.78, 5) is 0. The van der Waals surface area contributed by atoms with Crippen LogP contribution in [0.3, 0.4) is 0 Å². The molecule has 0 bridgehead atoms. The van der Waals surface area contributed by atoms with Gasteiger partial charge in [-0.05, 0) is 17.7 Å². The molecular formula is C9H12O4. The van der Waals surface area contributed by atoms with Crippen molar-refractivity contribution in [3.63, 3.8) is 0 Å². The molecule has 4 heteroatoms. The molecule has 1 aliphatic heterocycles. The highest BCUT2D eigenvalue weighted by Gasteiger charge is 2.35. The van der Waals surface area contributed by atoms with Gasteiger partial charge in [0, 0.05) is 0 Å². The second-order valence-electron chi connectivity index (χ2n) is 3.10. The van der Waals surface area contributed by atoms with Crippen molar-refractivity contribution in [1.82, 2.24) is 0 Å². The van der Waals surface area contributed by atoms with E-state index in [1.807, 2.05) is 0 Å². The maximum atomic E-state index is 9.39. The zero-order valence-corrected chi connectivity index (χ0v) is 7.14. The van der Waals surface area contributed by atoms with Gasteiger partial charge in [-0.2, -0.15) is 0 Å². The van der Waals surface area contributed by atoms with Gasteiger partial charge in [-0.1, -0.05) is 6.08 Å². The summed E-state index contributed by atoms with van der Waals surface area (Å²) in [5, 5.41) is 18.3. The van der Waals surface area contributed by atoms with Gasteiger partial charge in [0.1, 0.15) is 0 Å². The molecule has 2 N–H and O–H groups in total. The molecule has 1 heterocycles. The second kappa shape index (κ2) is 3.23. The molecule has 0 saturated carbocycles. The molecule has 2 rings (SSSR count). The van der Waals surface area contributed by atoms with Crippen LogP contribution in [0.1, 0.15) is 0 Å². The lowest BCUT2D eigenvalue weighted by molar-refractivity contribution is -0.0782. The van der Waals surface area contributed by atoms with Crippen LogP contribution in [0.25, 0.3) is 0 Å². The summed E-state index contributed by atoms with van der Waals surface area (Å²) in [5.74, 6) is -0.836. The highest BCUT2D eigenvalue weighted by Crippen LogP contribution is 2.28. The van der Waals surface area contributed by atoms with Crippen molar-refractivity contribution in [1.29, 1.82) is 0 Å². The predicted molar refractivity (Wildman–Crippen MR) is 45.0 cm³/mol. The van der Waals surface area contributed by atoms with Crippen LogP contribution in [0.2, 0.25) is 0 Å². The van der Waals surface area contributed by atoms with Crippen LogP contribution < -0.4 is 0 Å². The van der Waals surface area contributed by atoms with Gasteiger partial charge in [-0.3, -0.25) is 0 Å². The zero-order valence-electron chi connectivity index (χ0n) is 7.14. The smallest absolute Gasteiger partial charge is 0.208 e. The zero-order chi connectivity index (χ0) is 9.31. The number of hydrogen-bond acceptors (Lipinski definition) is 4. The topological polar surface area (TPSA) is 58.9 Å². The Morgan fingerprint density at radius 2 is 2.15 bits per heavy atom. The second-order valence-corrected chi connectivity index (χ2v) is 3.10. The van der Waals surface area contributed by atoms with Crippen molar-refractivity contribution < 1.29 is 19.7 Å². The van der Waals surface area contributed by atoms with E-state index in [4.69, 9.17) is 14.6 Å². The molecule has 4 nitrogen and oxygen atoms in total. The highest BCUT2D eigenvalue weighted by atomic mass is 16.7. The van der Waals surface area contributed by atoms with Gasteiger partial charge >= 0.3 is 0 Å². The number of aliphatic hydroxyl groups excluding tert-OH is 2. The van der Waals surface area contributed by atoms with E-state index in [0.717, 1.165) is 0 Å². The third kappa shape index (κ3) is 1.53. The first-order chi connectivity index (χ1) is 6.26. The van der Waals surface area contributed by atoms with E-state index < -0.39 is 11.9 Å². The molecule has 2 aliphatic rings. The van der Waals surface area contributed by atoms with Crippen LogP contribution >= 0.6 is 0 Å². The Balaban J connectivity index is 2.23. The van der Waals surface area contributed by atoms with Crippen molar-refractivity contribution in [3.8, 4) is 0 Å². The molecular weight excluding hydrogens is 172 g/mol. The van der Waals surface area contributed by atoms with Crippen LogP contribution in [0.15, 0.2) is 23.8 Å². The highest BCUT2D eigenvalue weighted by molar-refractivity contribution is 5.29. The van der Waals surface area contributed by atoms with E-state index in [1.165, 1.54) is 0 Å². The summed E-state index contributed by atoms with van der Waals surface area (Å²) in [6, 6.07) is 0. The maximum Gasteiger partial charge on any atom is 0.208 e. The lowest BCUT2D eigenvalue weighted by Gasteiger charge is -2.26. The Morgan fingerprint density at radius 3 is 2.77 bits per heavy atom. The monoisotopic (exact) mass is 184 g/mol. The molecule has 1 aliphatic carbocycles. The first-order valence-electron chi connectivity index (χ1n) is 4.23. The number of ether oxygens (including phenoxy) is 2. The van der Waals surface area contributed by atoms with E-state index in [1.54, 1.807) is 18.2 Å². The molecule has 13 heavy (non-hydrogen) atoms. The van der Waals surface area contributed by atoms with Gasteiger partial charge in [-0.25, -0.2) is 0 Å². The van der Waals surface area contributed by atoms with Gasteiger partial charge in [0.15, 0.2) is 0 Å². The van der Waals surface area contributed by atoms with Gasteiger partial charge in [0.2, 0.25) is 5.79 Å². The van der Waals surface area contributed by atoms with E-state index in [-0.39, 0.29) is 6.61 Å². The third-order valence-corrected chi connectivity index (χ3v) is 2.20. The number of aliphatic hydroxyl groups is 2. The predicted octanol–water partition coefficient (Wildman–Crippen LogP) is -0.421. The third-order valence-electron chi connectivity index (χ3n) is 2.20. The molecule has 1 atom stereocenters. The molecule has 1 spiro atoms. The van der Waals surface area contributed by atoms with E-state index in [0.29, 0.717) is 18.8 Å². The Kier molecular flexibility index (Phi) is 2.21. The molecule has 0 aromatic rings. The molecule has 0 aromatic heterocycles. The van der Waals surface area contributed by atoms with Crippen LogP contribution in [0.5, 0.6) is 0 Å². The minimum Gasteiger partial charge on any atom is -0.392 e. The summed E-state index contributed by atoms with van der Waals surface area (Å²) in [7, 11) is 0. The Hall–Kier alpha value is -0.680. The molecule has 0 amide bonds. The largest absolute Gasteiger partial charge is 0.392 e. The van der Waals surface area contributed by atoms with E-state index >= 15 is 0 Å². The van der Waals surface area contributed by atoms with Gasteiger partial charge in [0.05, 0.1) is 25.9 Å². The summed E-state index contributed by atoms with van der Waals surface area (Å²) in [6.07, 6.45) is 4.15. The van der Waals surface area contributed by atoms with Crippen LogP contribution in [0.4, 0.5) is 0 Å². The first-order valence-corrected chi connectivity index (χ1v) is 4.23. The fourth-order valence-corrected chi connectivity index (χ4v) is 1.50. The fraction of sp³-hybridized carbons (Fsp3) is 0.556. The summed E-state index contributed by atoms with van der Waals surface area (Å²) in [6.45, 7) is 0.894. The van der Waals surface area contributed by atoms with Crippen molar-refractivity contribution in [3.05, 3.63) is 23.8 Å². The SMILES string of the molecule is OCC1=CC2(C=CC1O)OCCO2. The quantitative estimate of drug-likeness (QED) is 0.543. The number of hydrogen-bond donors (Lipinski definition) is 2. The molecule has 0 aromatic carbocycles. The van der Waals surface area contributed by atoms with E-state index in [9.17, 15) is 5.11 Å². The Bertz CT molecular complexity index is 250. The van der Waals surface area contributed by atoms with Crippen molar-refractivity contribution in [2.75, 3.05) is 19.8 Å². The summed E-state index contributed by atoms with van der Waals surface area (Å²) >= 11 is 0. The van der Waals surface area contributed by atoms with Gasteiger partial charge in [0.25, 0.3) is 0 Å². The van der Waals surface area contributed by atoms with Crippen LogP contribution in [-0.4, -0.2) is 41.9 Å². The molecule has 1 unspecified atom stereocenters. The lowest BCUT2D eigenvalue weighted by Crippen LogP contribution is -2.31. The normalized spacial score (nSPS) is 30.9. The van der Waals surface area contributed by atoms with Gasteiger partial charge in [-0.15, -0.1) is 0 Å².